The van der Waals surface area contributed by atoms with Crippen molar-refractivity contribution in [3.05, 3.63) is 36.1 Å². The second-order valence-electron chi connectivity index (χ2n) is 5.97. The number of ether oxygens (including phenoxy) is 1. The van der Waals surface area contributed by atoms with Crippen LogP contribution in [0, 0.1) is 0 Å². The molecule has 23 heavy (non-hydrogen) atoms. The van der Waals surface area contributed by atoms with E-state index in [0.29, 0.717) is 25.0 Å². The molecular formula is C18H21NO4. The summed E-state index contributed by atoms with van der Waals surface area (Å²) >= 11 is 0. The lowest BCUT2D eigenvalue weighted by Gasteiger charge is -2.35. The zero-order chi connectivity index (χ0) is 16.3. The second kappa shape index (κ2) is 6.44. The summed E-state index contributed by atoms with van der Waals surface area (Å²) in [6.07, 6.45) is 4.09. The molecule has 0 saturated heterocycles. The number of hydrogen-bond acceptors (Lipinski definition) is 4. The number of amides is 1. The van der Waals surface area contributed by atoms with E-state index in [2.05, 4.69) is 5.32 Å². The van der Waals surface area contributed by atoms with E-state index in [4.69, 9.17) is 9.15 Å². The van der Waals surface area contributed by atoms with Gasteiger partial charge in [0, 0.05) is 5.39 Å². The van der Waals surface area contributed by atoms with Crippen molar-refractivity contribution in [3.8, 4) is 0 Å². The van der Waals surface area contributed by atoms with Gasteiger partial charge in [0.1, 0.15) is 11.1 Å². The van der Waals surface area contributed by atoms with E-state index in [9.17, 15) is 9.59 Å². The zero-order valence-corrected chi connectivity index (χ0v) is 13.3. The van der Waals surface area contributed by atoms with Crippen molar-refractivity contribution in [2.24, 2.45) is 0 Å². The number of para-hydroxylation sites is 1. The van der Waals surface area contributed by atoms with Crippen molar-refractivity contribution >= 4 is 22.8 Å². The third kappa shape index (κ3) is 3.09. The van der Waals surface area contributed by atoms with Gasteiger partial charge >= 0.3 is 5.97 Å². The normalized spacial score (nSPS) is 16.9. The summed E-state index contributed by atoms with van der Waals surface area (Å²) in [5.74, 6) is -0.485. The lowest BCUT2D eigenvalue weighted by molar-refractivity contribution is -0.152. The lowest BCUT2D eigenvalue weighted by atomic mass is 9.81. The Morgan fingerprint density at radius 1 is 1.22 bits per heavy atom. The number of rotatable bonds is 4. The van der Waals surface area contributed by atoms with Gasteiger partial charge in [-0.25, -0.2) is 4.79 Å². The van der Waals surface area contributed by atoms with Crippen molar-refractivity contribution in [2.75, 3.05) is 6.61 Å². The average molecular weight is 315 g/mol. The Morgan fingerprint density at radius 2 is 1.96 bits per heavy atom. The number of furan rings is 1. The maximum absolute atomic E-state index is 12.6. The summed E-state index contributed by atoms with van der Waals surface area (Å²) in [6.45, 7) is 2.08. The van der Waals surface area contributed by atoms with Gasteiger partial charge in [0.05, 0.1) is 6.61 Å². The summed E-state index contributed by atoms with van der Waals surface area (Å²) in [7, 11) is 0. The van der Waals surface area contributed by atoms with Gasteiger partial charge in [0.2, 0.25) is 0 Å². The standard InChI is InChI=1S/C18H21NO4/c1-2-22-17(21)18(10-6-3-7-11-18)19-16(20)15-12-13-8-4-5-9-14(13)23-15/h4-5,8-9,12H,2-3,6-7,10-11H2,1H3,(H,19,20). The maximum Gasteiger partial charge on any atom is 0.331 e. The minimum Gasteiger partial charge on any atom is -0.464 e. The number of carbonyl (C=O) groups excluding carboxylic acids is 2. The highest BCUT2D eigenvalue weighted by atomic mass is 16.5. The van der Waals surface area contributed by atoms with E-state index in [1.54, 1.807) is 13.0 Å². The largest absolute Gasteiger partial charge is 0.464 e. The summed E-state index contributed by atoms with van der Waals surface area (Å²) in [5.41, 5.74) is -0.267. The fourth-order valence-corrected chi connectivity index (χ4v) is 3.18. The molecule has 122 valence electrons. The van der Waals surface area contributed by atoms with E-state index < -0.39 is 5.54 Å². The average Bonchev–Trinajstić information content (AvgIpc) is 3.00. The first-order chi connectivity index (χ1) is 11.1. The molecule has 1 aliphatic carbocycles. The first kappa shape index (κ1) is 15.6. The highest BCUT2D eigenvalue weighted by molar-refractivity contribution is 5.99. The van der Waals surface area contributed by atoms with Gasteiger partial charge in [0.25, 0.3) is 5.91 Å². The van der Waals surface area contributed by atoms with Crippen LogP contribution in [-0.2, 0) is 9.53 Å². The molecule has 1 amide bonds. The number of benzene rings is 1. The number of nitrogens with one attached hydrogen (secondary N) is 1. The van der Waals surface area contributed by atoms with Crippen LogP contribution in [0.2, 0.25) is 0 Å². The van der Waals surface area contributed by atoms with Crippen LogP contribution in [0.1, 0.15) is 49.6 Å². The molecule has 1 heterocycles. The van der Waals surface area contributed by atoms with Gasteiger partial charge in [-0.15, -0.1) is 0 Å². The number of carbonyl (C=O) groups is 2. The monoisotopic (exact) mass is 315 g/mol. The fourth-order valence-electron chi connectivity index (χ4n) is 3.18. The third-order valence-electron chi connectivity index (χ3n) is 4.38. The zero-order valence-electron chi connectivity index (χ0n) is 13.3. The molecule has 0 bridgehead atoms. The molecule has 0 aliphatic heterocycles. The second-order valence-corrected chi connectivity index (χ2v) is 5.97. The van der Waals surface area contributed by atoms with E-state index in [0.717, 1.165) is 24.6 Å². The SMILES string of the molecule is CCOC(=O)C1(NC(=O)c2cc3ccccc3o2)CCCCC1. The Hall–Kier alpha value is -2.30. The molecule has 2 aromatic rings. The minimum atomic E-state index is -0.926. The third-order valence-corrected chi connectivity index (χ3v) is 4.38. The lowest BCUT2D eigenvalue weighted by Crippen LogP contribution is -2.56. The predicted molar refractivity (Wildman–Crippen MR) is 86.1 cm³/mol. The molecule has 1 aliphatic rings. The Labute approximate surface area is 135 Å². The van der Waals surface area contributed by atoms with E-state index in [-0.39, 0.29) is 17.6 Å². The maximum atomic E-state index is 12.6. The van der Waals surface area contributed by atoms with E-state index in [1.165, 1.54) is 0 Å². The molecule has 3 rings (SSSR count). The Bertz CT molecular complexity index is 680. The molecule has 0 atom stereocenters. The van der Waals surface area contributed by atoms with Crippen LogP contribution in [0.25, 0.3) is 11.0 Å². The first-order valence-electron chi connectivity index (χ1n) is 8.13. The van der Waals surface area contributed by atoms with Gasteiger partial charge in [0.15, 0.2) is 5.76 Å². The highest BCUT2D eigenvalue weighted by Gasteiger charge is 2.42. The molecule has 1 saturated carbocycles. The van der Waals surface area contributed by atoms with E-state index >= 15 is 0 Å². The molecule has 5 heteroatoms. The van der Waals surface area contributed by atoms with Gasteiger partial charge in [-0.05, 0) is 31.9 Å². The topological polar surface area (TPSA) is 68.5 Å². The van der Waals surface area contributed by atoms with Crippen LogP contribution in [0.4, 0.5) is 0 Å². The molecular weight excluding hydrogens is 294 g/mol. The molecule has 0 spiro atoms. The highest BCUT2D eigenvalue weighted by Crippen LogP contribution is 2.30. The van der Waals surface area contributed by atoms with Crippen LogP contribution < -0.4 is 5.32 Å². The first-order valence-corrected chi connectivity index (χ1v) is 8.13. The van der Waals surface area contributed by atoms with Crippen LogP contribution in [0.15, 0.2) is 34.7 Å². The molecule has 1 fully saturated rings. The van der Waals surface area contributed by atoms with Gasteiger partial charge < -0.3 is 14.5 Å². The van der Waals surface area contributed by atoms with Crippen LogP contribution >= 0.6 is 0 Å². The summed E-state index contributed by atoms with van der Waals surface area (Å²) in [4.78, 5) is 25.0. The van der Waals surface area contributed by atoms with Crippen LogP contribution in [0.5, 0.6) is 0 Å². The van der Waals surface area contributed by atoms with Crippen molar-refractivity contribution in [1.82, 2.24) is 5.32 Å². The van der Waals surface area contributed by atoms with Crippen molar-refractivity contribution in [1.29, 1.82) is 0 Å². The molecule has 5 nitrogen and oxygen atoms in total. The molecule has 0 radical (unpaired) electrons. The van der Waals surface area contributed by atoms with Crippen LogP contribution in [0.3, 0.4) is 0 Å². The van der Waals surface area contributed by atoms with Crippen molar-refractivity contribution in [3.63, 3.8) is 0 Å². The number of esters is 1. The molecule has 1 aromatic carbocycles. The summed E-state index contributed by atoms with van der Waals surface area (Å²) in [5, 5.41) is 3.75. The molecule has 1 aromatic heterocycles. The van der Waals surface area contributed by atoms with Crippen molar-refractivity contribution < 1.29 is 18.7 Å². The Morgan fingerprint density at radius 3 is 2.65 bits per heavy atom. The quantitative estimate of drug-likeness (QED) is 0.878. The number of fused-ring (bicyclic) bond motifs is 1. The predicted octanol–water partition coefficient (Wildman–Crippen LogP) is 3.43. The summed E-state index contributed by atoms with van der Waals surface area (Å²) in [6, 6.07) is 9.15. The van der Waals surface area contributed by atoms with Gasteiger partial charge in [-0.1, -0.05) is 37.5 Å². The van der Waals surface area contributed by atoms with Crippen LogP contribution in [-0.4, -0.2) is 24.0 Å². The fraction of sp³-hybridized carbons (Fsp3) is 0.444. The Balaban J connectivity index is 1.83. The molecule has 1 N–H and O–H groups in total. The summed E-state index contributed by atoms with van der Waals surface area (Å²) < 4.78 is 10.8. The van der Waals surface area contributed by atoms with Gasteiger partial charge in [-0.3, -0.25) is 4.79 Å². The minimum absolute atomic E-state index is 0.223. The number of hydrogen-bond donors (Lipinski definition) is 1. The Kier molecular flexibility index (Phi) is 4.37. The van der Waals surface area contributed by atoms with Gasteiger partial charge in [-0.2, -0.15) is 0 Å². The van der Waals surface area contributed by atoms with Crippen molar-refractivity contribution in [2.45, 2.75) is 44.6 Å². The molecule has 0 unspecified atom stereocenters. The van der Waals surface area contributed by atoms with E-state index in [1.807, 2.05) is 24.3 Å². The smallest absolute Gasteiger partial charge is 0.331 e.